The van der Waals surface area contributed by atoms with E-state index in [0.717, 1.165) is 32.3 Å². The van der Waals surface area contributed by atoms with Crippen molar-refractivity contribution in [1.29, 1.82) is 0 Å². The Balaban J connectivity index is 1.65. The molecule has 16 heteroatoms. The standard InChI is InChI=1S/C30H23F9N6S/c1-3-24-25(40-26(46-24)18-7-5-4-6-8-18)23-10-9-20(28(31,32)33)13-19(23)16-45(27-41-43-44(2)42-27)15-17-11-21(29(34,35)36)14-22(12-17)30(37,38)39/h4-14H,3,15-16H2,1-2H3. The van der Waals surface area contributed by atoms with Gasteiger partial charge in [-0.05, 0) is 53.1 Å². The summed E-state index contributed by atoms with van der Waals surface area (Å²) in [7, 11) is 1.38. The van der Waals surface area contributed by atoms with Crippen LogP contribution in [0.15, 0.2) is 66.7 Å². The van der Waals surface area contributed by atoms with Gasteiger partial charge in [-0.3, -0.25) is 0 Å². The third kappa shape index (κ3) is 7.32. The van der Waals surface area contributed by atoms with Gasteiger partial charge in [-0.2, -0.15) is 44.3 Å². The van der Waals surface area contributed by atoms with Crippen molar-refractivity contribution in [2.75, 3.05) is 4.90 Å². The second-order valence-electron chi connectivity index (χ2n) is 10.2. The number of benzene rings is 3. The maximum Gasteiger partial charge on any atom is 0.416 e. The van der Waals surface area contributed by atoms with Gasteiger partial charge < -0.3 is 4.90 Å². The summed E-state index contributed by atoms with van der Waals surface area (Å²) in [6, 6.07) is 13.3. The van der Waals surface area contributed by atoms with Gasteiger partial charge in [0.15, 0.2) is 0 Å². The van der Waals surface area contributed by atoms with Crippen molar-refractivity contribution in [1.82, 2.24) is 25.2 Å². The first kappa shape index (κ1) is 32.9. The van der Waals surface area contributed by atoms with Crippen molar-refractivity contribution in [3.05, 3.63) is 99.4 Å². The molecule has 2 heterocycles. The fourth-order valence-electron chi connectivity index (χ4n) is 4.77. The second kappa shape index (κ2) is 12.4. The van der Waals surface area contributed by atoms with Crippen molar-refractivity contribution in [3.63, 3.8) is 0 Å². The van der Waals surface area contributed by atoms with Crippen LogP contribution in [-0.2, 0) is 45.1 Å². The molecule has 0 aliphatic heterocycles. The first-order valence-corrected chi connectivity index (χ1v) is 14.4. The van der Waals surface area contributed by atoms with Gasteiger partial charge in [0.1, 0.15) is 5.01 Å². The summed E-state index contributed by atoms with van der Waals surface area (Å²) >= 11 is 1.36. The van der Waals surface area contributed by atoms with Gasteiger partial charge >= 0.3 is 18.5 Å². The zero-order valence-corrected chi connectivity index (χ0v) is 24.8. The number of alkyl halides is 9. The second-order valence-corrected chi connectivity index (χ2v) is 11.3. The lowest BCUT2D eigenvalue weighted by atomic mass is 9.98. The smallest absolute Gasteiger partial charge is 0.330 e. The average molecular weight is 671 g/mol. The monoisotopic (exact) mass is 670 g/mol. The summed E-state index contributed by atoms with van der Waals surface area (Å²) in [5.74, 6) is -0.226. The first-order chi connectivity index (χ1) is 21.5. The fraction of sp³-hybridized carbons (Fsp3) is 0.267. The molecule has 0 amide bonds. The minimum atomic E-state index is -5.10. The quantitative estimate of drug-likeness (QED) is 0.155. The van der Waals surface area contributed by atoms with Crippen molar-refractivity contribution in [3.8, 4) is 21.8 Å². The van der Waals surface area contributed by atoms with Crippen LogP contribution >= 0.6 is 11.3 Å². The summed E-state index contributed by atoms with van der Waals surface area (Å²) < 4.78 is 123. The maximum atomic E-state index is 13.9. The van der Waals surface area contributed by atoms with Crippen molar-refractivity contribution < 1.29 is 39.5 Å². The van der Waals surface area contributed by atoms with Crippen LogP contribution in [0.1, 0.15) is 39.6 Å². The molecular formula is C30H23F9N6S. The highest BCUT2D eigenvalue weighted by atomic mass is 32.1. The van der Waals surface area contributed by atoms with Crippen molar-refractivity contribution in [2.24, 2.45) is 7.05 Å². The highest BCUT2D eigenvalue weighted by Gasteiger charge is 2.37. The topological polar surface area (TPSA) is 59.7 Å². The largest absolute Gasteiger partial charge is 0.416 e. The molecule has 2 aromatic heterocycles. The Morgan fingerprint density at radius 2 is 1.39 bits per heavy atom. The summed E-state index contributed by atoms with van der Waals surface area (Å²) in [6.07, 6.45) is -14.5. The number of nitrogens with zero attached hydrogens (tertiary/aromatic N) is 6. The molecule has 0 N–H and O–H groups in total. The number of hydrogen-bond acceptors (Lipinski definition) is 6. The maximum absolute atomic E-state index is 13.9. The van der Waals surface area contributed by atoms with E-state index < -0.39 is 53.9 Å². The number of aromatic nitrogens is 5. The highest BCUT2D eigenvalue weighted by Crippen LogP contribution is 2.40. The molecule has 0 saturated carbocycles. The van der Waals surface area contributed by atoms with E-state index in [1.165, 1.54) is 24.5 Å². The summed E-state index contributed by atoms with van der Waals surface area (Å²) in [5, 5.41) is 12.2. The molecule has 0 saturated heterocycles. The van der Waals surface area contributed by atoms with Crippen LogP contribution in [0.2, 0.25) is 0 Å². The Labute approximate surface area is 260 Å². The lowest BCUT2D eigenvalue weighted by Crippen LogP contribution is -2.25. The van der Waals surface area contributed by atoms with Crippen LogP contribution in [0.25, 0.3) is 21.8 Å². The van der Waals surface area contributed by atoms with E-state index in [1.807, 2.05) is 37.3 Å². The molecule has 0 radical (unpaired) electrons. The van der Waals surface area contributed by atoms with Crippen LogP contribution in [0, 0.1) is 0 Å². The van der Waals surface area contributed by atoms with Gasteiger partial charge in [0.25, 0.3) is 5.95 Å². The molecule has 0 aliphatic carbocycles. The van der Waals surface area contributed by atoms with Gasteiger partial charge in [-0.15, -0.1) is 16.4 Å². The van der Waals surface area contributed by atoms with Gasteiger partial charge in [0.2, 0.25) is 0 Å². The molecule has 46 heavy (non-hydrogen) atoms. The fourth-order valence-corrected chi connectivity index (χ4v) is 5.79. The third-order valence-electron chi connectivity index (χ3n) is 6.89. The van der Waals surface area contributed by atoms with E-state index in [0.29, 0.717) is 34.8 Å². The Morgan fingerprint density at radius 3 is 1.93 bits per heavy atom. The third-order valence-corrected chi connectivity index (χ3v) is 8.14. The number of rotatable bonds is 8. The van der Waals surface area contributed by atoms with Crippen molar-refractivity contribution >= 4 is 17.3 Å². The van der Waals surface area contributed by atoms with Gasteiger partial charge in [0.05, 0.1) is 29.4 Å². The predicted octanol–water partition coefficient (Wildman–Crippen LogP) is 8.83. The highest BCUT2D eigenvalue weighted by molar-refractivity contribution is 7.15. The molecule has 6 nitrogen and oxygen atoms in total. The van der Waals surface area contributed by atoms with Crippen molar-refractivity contribution in [2.45, 2.75) is 45.0 Å². The molecule has 0 fully saturated rings. The summed E-state index contributed by atoms with van der Waals surface area (Å²) in [6.45, 7) is 0.794. The van der Waals surface area contributed by atoms with E-state index in [4.69, 9.17) is 4.98 Å². The number of thiazole rings is 1. The van der Waals surface area contributed by atoms with E-state index in [-0.39, 0.29) is 17.6 Å². The minimum absolute atomic E-state index is 0.00183. The zero-order valence-electron chi connectivity index (χ0n) is 24.0. The predicted molar refractivity (Wildman–Crippen MR) is 152 cm³/mol. The SMILES string of the molecule is CCc1sc(-c2ccccc2)nc1-c1ccc(C(F)(F)F)cc1CN(Cc1cc(C(F)(F)F)cc(C(F)(F)F)c1)c1nnn(C)n1. The van der Waals surface area contributed by atoms with E-state index in [9.17, 15) is 39.5 Å². The van der Waals surface area contributed by atoms with Gasteiger partial charge in [-0.25, -0.2) is 4.98 Å². The van der Waals surface area contributed by atoms with Gasteiger partial charge in [-0.1, -0.05) is 48.4 Å². The molecule has 0 unspecified atom stereocenters. The van der Waals surface area contributed by atoms with Crippen LogP contribution < -0.4 is 4.90 Å². The Morgan fingerprint density at radius 1 is 0.761 bits per heavy atom. The molecule has 0 spiro atoms. The molecule has 3 aromatic carbocycles. The summed E-state index contributed by atoms with van der Waals surface area (Å²) in [5.41, 5.74) is -2.95. The molecule has 242 valence electrons. The van der Waals surface area contributed by atoms with E-state index >= 15 is 0 Å². The summed E-state index contributed by atoms with van der Waals surface area (Å²) in [4.78, 5) is 7.67. The lowest BCUT2D eigenvalue weighted by Gasteiger charge is -2.24. The first-order valence-electron chi connectivity index (χ1n) is 13.6. The van der Waals surface area contributed by atoms with Crippen LogP contribution in [0.5, 0.6) is 0 Å². The van der Waals surface area contributed by atoms with Crippen LogP contribution in [0.3, 0.4) is 0 Å². The normalized spacial score (nSPS) is 12.5. The number of hydrogen-bond donors (Lipinski definition) is 0. The van der Waals surface area contributed by atoms with Gasteiger partial charge in [0, 0.05) is 29.1 Å². The Kier molecular flexibility index (Phi) is 8.86. The number of tetrazole rings is 1. The molecule has 5 aromatic rings. The molecule has 5 rings (SSSR count). The molecular weight excluding hydrogens is 647 g/mol. The van der Waals surface area contributed by atoms with E-state index in [1.54, 1.807) is 0 Å². The number of aryl methyl sites for hydroxylation is 2. The molecule has 0 atom stereocenters. The zero-order chi connectivity index (χ0) is 33.4. The lowest BCUT2D eigenvalue weighted by molar-refractivity contribution is -0.143. The number of anilines is 1. The Hall–Kier alpha value is -4.47. The minimum Gasteiger partial charge on any atom is -0.330 e. The van der Waals surface area contributed by atoms with Crippen LogP contribution in [-0.4, -0.2) is 25.2 Å². The van der Waals surface area contributed by atoms with E-state index in [2.05, 4.69) is 15.4 Å². The molecule has 0 bridgehead atoms. The molecule has 0 aliphatic rings. The van der Waals surface area contributed by atoms with Crippen LogP contribution in [0.4, 0.5) is 45.5 Å². The average Bonchev–Trinajstić information content (AvgIpc) is 3.62. The number of halogens is 9. The Bertz CT molecular complexity index is 1790.